The third-order valence-electron chi connectivity index (χ3n) is 5.12. The van der Waals surface area contributed by atoms with Crippen LogP contribution in [0.4, 0.5) is 5.88 Å². The summed E-state index contributed by atoms with van der Waals surface area (Å²) in [6.45, 7) is 3.53. The Morgan fingerprint density at radius 2 is 1.69 bits per heavy atom. The minimum Gasteiger partial charge on any atom is -0.419 e. The number of benzene rings is 2. The third-order valence-corrected chi connectivity index (χ3v) is 7.31. The third kappa shape index (κ3) is 4.26. The number of nitrogens with zero attached hydrogens (tertiary/aromatic N) is 2. The first-order chi connectivity index (χ1) is 13.9. The first-order valence-corrected chi connectivity index (χ1v) is 12.1. The van der Waals surface area contributed by atoms with Gasteiger partial charge in [0.05, 0.1) is 4.90 Å². The SMILES string of the molecule is Cc1cccc(-c2nc(S(=O)(=O)c3ccc(Br)cc3)c(N3CCCCCC3)o2)c1. The lowest BCUT2D eigenvalue weighted by Crippen LogP contribution is -2.25. The van der Waals surface area contributed by atoms with Crippen molar-refractivity contribution in [3.63, 3.8) is 0 Å². The first kappa shape index (κ1) is 20.2. The fourth-order valence-corrected chi connectivity index (χ4v) is 5.16. The molecule has 1 saturated heterocycles. The van der Waals surface area contributed by atoms with Crippen molar-refractivity contribution in [2.45, 2.75) is 42.5 Å². The van der Waals surface area contributed by atoms with Gasteiger partial charge in [0.25, 0.3) is 0 Å². The number of hydrogen-bond acceptors (Lipinski definition) is 5. The van der Waals surface area contributed by atoms with Gasteiger partial charge in [0.15, 0.2) is 0 Å². The molecule has 1 fully saturated rings. The molecule has 29 heavy (non-hydrogen) atoms. The maximum atomic E-state index is 13.4. The number of halogens is 1. The molecule has 0 unspecified atom stereocenters. The highest BCUT2D eigenvalue weighted by atomic mass is 79.9. The Morgan fingerprint density at radius 3 is 2.34 bits per heavy atom. The van der Waals surface area contributed by atoms with Crippen molar-refractivity contribution in [3.05, 3.63) is 58.6 Å². The molecule has 2 aromatic carbocycles. The number of aromatic nitrogens is 1. The topological polar surface area (TPSA) is 63.4 Å². The van der Waals surface area contributed by atoms with Crippen molar-refractivity contribution in [2.75, 3.05) is 18.0 Å². The zero-order valence-corrected chi connectivity index (χ0v) is 18.7. The van der Waals surface area contributed by atoms with E-state index in [9.17, 15) is 8.42 Å². The molecule has 3 aromatic rings. The molecule has 4 rings (SSSR count). The van der Waals surface area contributed by atoms with Gasteiger partial charge in [0.2, 0.25) is 26.6 Å². The van der Waals surface area contributed by atoms with E-state index in [0.29, 0.717) is 11.8 Å². The molecule has 0 amide bonds. The zero-order chi connectivity index (χ0) is 20.4. The highest BCUT2D eigenvalue weighted by Gasteiger charge is 2.31. The Labute approximate surface area is 179 Å². The molecule has 0 spiro atoms. The van der Waals surface area contributed by atoms with Gasteiger partial charge in [-0.1, -0.05) is 46.5 Å². The average Bonchev–Trinajstić information content (AvgIpc) is 2.98. The van der Waals surface area contributed by atoms with Gasteiger partial charge in [-0.05, 0) is 56.2 Å². The molecule has 152 valence electrons. The quantitative estimate of drug-likeness (QED) is 0.490. The van der Waals surface area contributed by atoms with E-state index in [1.807, 2.05) is 36.1 Å². The van der Waals surface area contributed by atoms with Gasteiger partial charge in [-0.25, -0.2) is 8.42 Å². The fraction of sp³-hybridized carbons (Fsp3) is 0.318. The minimum atomic E-state index is -3.81. The molecule has 7 heteroatoms. The Bertz CT molecular complexity index is 1100. The summed E-state index contributed by atoms with van der Waals surface area (Å²) in [7, 11) is -3.81. The molecule has 1 aromatic heterocycles. The lowest BCUT2D eigenvalue weighted by atomic mass is 10.1. The molecule has 5 nitrogen and oxygen atoms in total. The second-order valence-corrected chi connectivity index (χ2v) is 10.1. The van der Waals surface area contributed by atoms with Crippen LogP contribution in [0.5, 0.6) is 0 Å². The average molecular weight is 475 g/mol. The van der Waals surface area contributed by atoms with Crippen molar-refractivity contribution >= 4 is 31.7 Å². The smallest absolute Gasteiger partial charge is 0.236 e. The van der Waals surface area contributed by atoms with Gasteiger partial charge < -0.3 is 9.32 Å². The summed E-state index contributed by atoms with van der Waals surface area (Å²) in [5.74, 6) is 0.690. The van der Waals surface area contributed by atoms with E-state index < -0.39 is 9.84 Å². The van der Waals surface area contributed by atoms with Crippen molar-refractivity contribution in [3.8, 4) is 11.5 Å². The van der Waals surface area contributed by atoms with Crippen LogP contribution in [-0.2, 0) is 9.84 Å². The minimum absolute atomic E-state index is 0.00164. The highest BCUT2D eigenvalue weighted by Crippen LogP contribution is 2.36. The summed E-state index contributed by atoms with van der Waals surface area (Å²) >= 11 is 3.36. The van der Waals surface area contributed by atoms with Crippen molar-refractivity contribution in [2.24, 2.45) is 0 Å². The Morgan fingerprint density at radius 1 is 1.00 bits per heavy atom. The zero-order valence-electron chi connectivity index (χ0n) is 16.3. The van der Waals surface area contributed by atoms with Crippen LogP contribution in [0.3, 0.4) is 0 Å². The molecule has 0 N–H and O–H groups in total. The van der Waals surface area contributed by atoms with Crippen molar-refractivity contribution < 1.29 is 12.8 Å². The van der Waals surface area contributed by atoms with Crippen LogP contribution < -0.4 is 4.90 Å². The largest absolute Gasteiger partial charge is 0.419 e. The standard InChI is InChI=1S/C22H23BrN2O3S/c1-16-7-6-8-17(15-16)20-24-21(22(28-20)25-13-4-2-3-5-14-25)29(26,27)19-11-9-18(23)10-12-19/h6-12,15H,2-5,13-14H2,1H3. The molecule has 0 atom stereocenters. The second kappa shape index (κ2) is 8.32. The lowest BCUT2D eigenvalue weighted by molar-refractivity contribution is 0.543. The van der Waals surface area contributed by atoms with E-state index in [-0.39, 0.29) is 9.92 Å². The van der Waals surface area contributed by atoms with Gasteiger partial charge in [-0.3, -0.25) is 0 Å². The highest BCUT2D eigenvalue weighted by molar-refractivity contribution is 9.10. The Balaban J connectivity index is 1.85. The van der Waals surface area contributed by atoms with Gasteiger partial charge in [-0.15, -0.1) is 0 Å². The van der Waals surface area contributed by atoms with Crippen LogP contribution in [0.2, 0.25) is 0 Å². The number of rotatable bonds is 4. The summed E-state index contributed by atoms with van der Waals surface area (Å²) in [5.41, 5.74) is 1.84. The molecule has 0 aliphatic carbocycles. The molecule has 0 radical (unpaired) electrons. The molecule has 0 bridgehead atoms. The maximum Gasteiger partial charge on any atom is 0.236 e. The Hall–Kier alpha value is -2.12. The number of anilines is 1. The van der Waals surface area contributed by atoms with E-state index in [1.54, 1.807) is 24.3 Å². The molecular formula is C22H23BrN2O3S. The van der Waals surface area contributed by atoms with Crippen LogP contribution in [0, 0.1) is 6.92 Å². The Kier molecular flexibility index (Phi) is 5.79. The summed E-state index contributed by atoms with van der Waals surface area (Å²) in [5, 5.41) is -0.00164. The lowest BCUT2D eigenvalue weighted by Gasteiger charge is -2.20. The molecule has 2 heterocycles. The van der Waals surface area contributed by atoms with E-state index >= 15 is 0 Å². The van der Waals surface area contributed by atoms with Crippen LogP contribution in [0.1, 0.15) is 31.2 Å². The van der Waals surface area contributed by atoms with E-state index in [0.717, 1.165) is 54.4 Å². The van der Waals surface area contributed by atoms with Gasteiger partial charge in [0, 0.05) is 23.1 Å². The van der Waals surface area contributed by atoms with Gasteiger partial charge >= 0.3 is 0 Å². The van der Waals surface area contributed by atoms with E-state index in [1.165, 1.54) is 0 Å². The molecular weight excluding hydrogens is 452 g/mol. The number of oxazole rings is 1. The normalized spacial score (nSPS) is 15.3. The summed E-state index contributed by atoms with van der Waals surface area (Å²) in [6.07, 6.45) is 4.31. The van der Waals surface area contributed by atoms with Crippen LogP contribution in [0.15, 0.2) is 67.3 Å². The van der Waals surface area contributed by atoms with Crippen LogP contribution in [-0.4, -0.2) is 26.5 Å². The van der Waals surface area contributed by atoms with Crippen LogP contribution in [0.25, 0.3) is 11.5 Å². The molecule has 1 aliphatic rings. The van der Waals surface area contributed by atoms with E-state index in [2.05, 4.69) is 20.9 Å². The van der Waals surface area contributed by atoms with E-state index in [4.69, 9.17) is 4.42 Å². The predicted octanol–water partition coefficient (Wildman–Crippen LogP) is 5.63. The summed E-state index contributed by atoms with van der Waals surface area (Å²) < 4.78 is 33.8. The maximum absolute atomic E-state index is 13.4. The van der Waals surface area contributed by atoms with Crippen molar-refractivity contribution in [1.82, 2.24) is 4.98 Å². The number of aryl methyl sites for hydroxylation is 1. The summed E-state index contributed by atoms with van der Waals surface area (Å²) in [4.78, 5) is 6.73. The first-order valence-electron chi connectivity index (χ1n) is 9.78. The van der Waals surface area contributed by atoms with Crippen LogP contribution >= 0.6 is 15.9 Å². The number of sulfone groups is 1. The molecule has 1 aliphatic heterocycles. The predicted molar refractivity (Wildman–Crippen MR) is 117 cm³/mol. The summed E-state index contributed by atoms with van der Waals surface area (Å²) in [6, 6.07) is 14.4. The monoisotopic (exact) mass is 474 g/mol. The van der Waals surface area contributed by atoms with Crippen molar-refractivity contribution in [1.29, 1.82) is 0 Å². The second-order valence-electron chi connectivity index (χ2n) is 7.36. The fourth-order valence-electron chi connectivity index (χ4n) is 3.57. The van der Waals surface area contributed by atoms with Gasteiger partial charge in [0.1, 0.15) is 0 Å². The molecule has 0 saturated carbocycles. The number of hydrogen-bond donors (Lipinski definition) is 0. The van der Waals surface area contributed by atoms with Gasteiger partial charge in [-0.2, -0.15) is 4.98 Å².